The molecule has 222 valence electrons. The number of nitrogens with one attached hydrogen (secondary N) is 1. The first-order valence-electron chi connectivity index (χ1n) is 14.7. The second kappa shape index (κ2) is 13.3. The van der Waals surface area contributed by atoms with Crippen molar-refractivity contribution in [1.29, 1.82) is 0 Å². The Hall–Kier alpha value is -4.36. The van der Waals surface area contributed by atoms with E-state index in [1.807, 2.05) is 66.7 Å². The highest BCUT2D eigenvalue weighted by atomic mass is 19.3. The summed E-state index contributed by atoms with van der Waals surface area (Å²) in [5.74, 6) is -3.05. The van der Waals surface area contributed by atoms with Gasteiger partial charge in [-0.1, -0.05) is 91.9 Å². The van der Waals surface area contributed by atoms with Crippen LogP contribution in [0.2, 0.25) is 0 Å². The molecule has 0 spiro atoms. The van der Waals surface area contributed by atoms with Gasteiger partial charge >= 0.3 is 5.97 Å². The van der Waals surface area contributed by atoms with Crippen molar-refractivity contribution >= 4 is 17.6 Å². The predicted molar refractivity (Wildman–Crippen MR) is 165 cm³/mol. The molecule has 1 fully saturated rings. The molecule has 4 aromatic carbocycles. The molecular weight excluding hydrogens is 546 g/mol. The number of anilines is 1. The first kappa shape index (κ1) is 30.1. The number of nitrogens with zero attached hydrogens (tertiary/aromatic N) is 1. The van der Waals surface area contributed by atoms with Crippen LogP contribution in [0.1, 0.15) is 65.2 Å². The molecular formula is C36H36F2N2O3. The van der Waals surface area contributed by atoms with Crippen LogP contribution in [0.15, 0.2) is 103 Å². The second-order valence-corrected chi connectivity index (χ2v) is 10.9. The van der Waals surface area contributed by atoms with Crippen molar-refractivity contribution in [2.24, 2.45) is 0 Å². The zero-order valence-electron chi connectivity index (χ0n) is 24.4. The number of ether oxygens (including phenoxy) is 1. The molecule has 43 heavy (non-hydrogen) atoms. The molecule has 0 saturated carbocycles. The van der Waals surface area contributed by atoms with Gasteiger partial charge < -0.3 is 10.1 Å². The lowest BCUT2D eigenvalue weighted by Crippen LogP contribution is -2.40. The number of likely N-dealkylation sites (tertiary alicyclic amines) is 1. The summed E-state index contributed by atoms with van der Waals surface area (Å²) < 4.78 is 33.3. The number of amides is 1. The van der Waals surface area contributed by atoms with Gasteiger partial charge in [0.25, 0.3) is 11.8 Å². The molecule has 5 nitrogen and oxygen atoms in total. The molecule has 0 aromatic heterocycles. The topological polar surface area (TPSA) is 58.6 Å². The number of hydrogen-bond donors (Lipinski definition) is 1. The SMILES string of the molecule is CCC(F)(F)c1ccc(-c2ccccc2C(=O)Nc2ccc(C3CCN(C(C(=O)OC)c4ccccc4)CC3)cc2)cc1. The predicted octanol–water partition coefficient (Wildman–Crippen LogP) is 8.20. The van der Waals surface area contributed by atoms with Crippen LogP contribution in [0.5, 0.6) is 0 Å². The number of halogens is 2. The molecule has 0 aliphatic carbocycles. The Morgan fingerprint density at radius 1 is 0.884 bits per heavy atom. The number of benzene rings is 4. The molecule has 1 aliphatic heterocycles. The van der Waals surface area contributed by atoms with E-state index in [1.165, 1.54) is 31.7 Å². The number of hydrogen-bond acceptors (Lipinski definition) is 4. The van der Waals surface area contributed by atoms with E-state index >= 15 is 0 Å². The minimum Gasteiger partial charge on any atom is -0.468 e. The van der Waals surface area contributed by atoms with Gasteiger partial charge in [0.15, 0.2) is 0 Å². The van der Waals surface area contributed by atoms with E-state index in [9.17, 15) is 18.4 Å². The van der Waals surface area contributed by atoms with Crippen LogP contribution in [-0.2, 0) is 15.5 Å². The highest BCUT2D eigenvalue weighted by Gasteiger charge is 2.32. The van der Waals surface area contributed by atoms with Gasteiger partial charge in [-0.05, 0) is 72.3 Å². The number of rotatable bonds is 9. The van der Waals surface area contributed by atoms with Crippen molar-refractivity contribution in [1.82, 2.24) is 4.90 Å². The molecule has 1 unspecified atom stereocenters. The van der Waals surface area contributed by atoms with E-state index in [-0.39, 0.29) is 23.9 Å². The quantitative estimate of drug-likeness (QED) is 0.202. The summed E-state index contributed by atoms with van der Waals surface area (Å²) in [6.07, 6.45) is 1.54. The minimum absolute atomic E-state index is 0.0362. The van der Waals surface area contributed by atoms with Crippen LogP contribution >= 0.6 is 0 Å². The number of methoxy groups -OCH3 is 1. The van der Waals surface area contributed by atoms with Crippen LogP contribution in [0.25, 0.3) is 11.1 Å². The zero-order chi connectivity index (χ0) is 30.4. The Morgan fingerprint density at radius 3 is 2.14 bits per heavy atom. The molecule has 1 saturated heterocycles. The summed E-state index contributed by atoms with van der Waals surface area (Å²) in [4.78, 5) is 28.1. The van der Waals surface area contributed by atoms with Gasteiger partial charge in [-0.25, -0.2) is 13.6 Å². The smallest absolute Gasteiger partial charge is 0.327 e. The van der Waals surface area contributed by atoms with E-state index in [0.717, 1.165) is 31.5 Å². The maximum Gasteiger partial charge on any atom is 0.327 e. The van der Waals surface area contributed by atoms with Crippen molar-refractivity contribution in [3.8, 4) is 11.1 Å². The van der Waals surface area contributed by atoms with Crippen LogP contribution < -0.4 is 5.32 Å². The van der Waals surface area contributed by atoms with E-state index in [0.29, 0.717) is 28.3 Å². The van der Waals surface area contributed by atoms with Crippen molar-refractivity contribution in [3.05, 3.63) is 125 Å². The van der Waals surface area contributed by atoms with Crippen molar-refractivity contribution in [3.63, 3.8) is 0 Å². The van der Waals surface area contributed by atoms with Gasteiger partial charge in [-0.3, -0.25) is 9.69 Å². The van der Waals surface area contributed by atoms with Crippen LogP contribution in [-0.4, -0.2) is 37.0 Å². The van der Waals surface area contributed by atoms with Crippen LogP contribution in [0.4, 0.5) is 14.5 Å². The summed E-state index contributed by atoms with van der Waals surface area (Å²) in [6, 6.07) is 30.5. The maximum atomic E-state index is 14.1. The van der Waals surface area contributed by atoms with Crippen LogP contribution in [0, 0.1) is 0 Å². The minimum atomic E-state index is -2.88. The summed E-state index contributed by atoms with van der Waals surface area (Å²) in [7, 11) is 1.43. The molecule has 5 rings (SSSR count). The molecule has 1 aliphatic rings. The third-order valence-electron chi connectivity index (χ3n) is 8.31. The third kappa shape index (κ3) is 6.83. The molecule has 1 heterocycles. The van der Waals surface area contributed by atoms with Crippen molar-refractivity contribution < 1.29 is 23.1 Å². The number of esters is 1. The van der Waals surface area contributed by atoms with E-state index in [4.69, 9.17) is 4.74 Å². The van der Waals surface area contributed by atoms with Crippen molar-refractivity contribution in [2.45, 2.75) is 44.1 Å². The monoisotopic (exact) mass is 582 g/mol. The Balaban J connectivity index is 1.23. The molecule has 7 heteroatoms. The van der Waals surface area contributed by atoms with Gasteiger partial charge in [0.1, 0.15) is 6.04 Å². The lowest BCUT2D eigenvalue weighted by atomic mass is 9.88. The standard InChI is InChI=1S/C36H36F2N2O3/c1-3-36(37,38)29-17-13-27(14-18-29)31-11-7-8-12-32(31)34(41)39-30-19-15-25(16-20-30)26-21-23-40(24-22-26)33(35(42)43-2)28-9-5-4-6-10-28/h4-20,26,33H,3,21-24H2,1-2H3,(H,39,41). The first-order chi connectivity index (χ1) is 20.8. The number of carbonyl (C=O) groups is 2. The normalized spacial score (nSPS) is 15.1. The summed E-state index contributed by atoms with van der Waals surface area (Å²) in [5.41, 5.74) is 4.60. The molecule has 0 bridgehead atoms. The fourth-order valence-corrected chi connectivity index (χ4v) is 5.80. The van der Waals surface area contributed by atoms with Gasteiger partial charge in [-0.15, -0.1) is 0 Å². The highest BCUT2D eigenvalue weighted by molar-refractivity contribution is 6.08. The lowest BCUT2D eigenvalue weighted by molar-refractivity contribution is -0.147. The van der Waals surface area contributed by atoms with Gasteiger partial charge in [0, 0.05) is 23.2 Å². The Labute approximate surface area is 251 Å². The molecule has 1 amide bonds. The number of alkyl halides is 2. The Kier molecular flexibility index (Phi) is 9.31. The first-order valence-corrected chi connectivity index (χ1v) is 14.7. The summed E-state index contributed by atoms with van der Waals surface area (Å²) in [6.45, 7) is 2.99. The van der Waals surface area contributed by atoms with E-state index in [1.54, 1.807) is 24.3 Å². The van der Waals surface area contributed by atoms with Gasteiger partial charge in [-0.2, -0.15) is 0 Å². The molecule has 0 radical (unpaired) electrons. The lowest BCUT2D eigenvalue weighted by Gasteiger charge is -2.36. The summed E-state index contributed by atoms with van der Waals surface area (Å²) >= 11 is 0. The largest absolute Gasteiger partial charge is 0.468 e. The molecule has 4 aromatic rings. The third-order valence-corrected chi connectivity index (χ3v) is 8.31. The molecule has 1 N–H and O–H groups in total. The van der Waals surface area contributed by atoms with E-state index < -0.39 is 12.0 Å². The highest BCUT2D eigenvalue weighted by Crippen LogP contribution is 2.35. The Bertz CT molecular complexity index is 1530. The fourth-order valence-electron chi connectivity index (χ4n) is 5.80. The average molecular weight is 583 g/mol. The maximum absolute atomic E-state index is 14.1. The summed E-state index contributed by atoms with van der Waals surface area (Å²) in [5, 5.41) is 2.98. The van der Waals surface area contributed by atoms with Gasteiger partial charge in [0.05, 0.1) is 7.11 Å². The van der Waals surface area contributed by atoms with Gasteiger partial charge in [0.2, 0.25) is 0 Å². The Morgan fingerprint density at radius 2 is 1.51 bits per heavy atom. The molecule has 1 atom stereocenters. The number of piperidine rings is 1. The number of carbonyl (C=O) groups excluding carboxylic acids is 2. The second-order valence-electron chi connectivity index (χ2n) is 10.9. The fraction of sp³-hybridized carbons (Fsp3) is 0.278. The van der Waals surface area contributed by atoms with Crippen LogP contribution in [0.3, 0.4) is 0 Å². The average Bonchev–Trinajstić information content (AvgIpc) is 3.06. The van der Waals surface area contributed by atoms with E-state index in [2.05, 4.69) is 10.2 Å². The zero-order valence-corrected chi connectivity index (χ0v) is 24.4. The van der Waals surface area contributed by atoms with Crippen molar-refractivity contribution in [2.75, 3.05) is 25.5 Å².